The summed E-state index contributed by atoms with van der Waals surface area (Å²) in [7, 11) is 3.20. The molecule has 1 aromatic rings. The van der Waals surface area contributed by atoms with E-state index in [2.05, 4.69) is 5.10 Å². The van der Waals surface area contributed by atoms with Gasteiger partial charge < -0.3 is 9.64 Å². The Balaban J connectivity index is 1.95. The van der Waals surface area contributed by atoms with E-state index in [0.29, 0.717) is 13.1 Å². The van der Waals surface area contributed by atoms with Gasteiger partial charge in [0.1, 0.15) is 0 Å². The zero-order valence-corrected chi connectivity index (χ0v) is 11.8. The summed E-state index contributed by atoms with van der Waals surface area (Å²) in [5.41, 5.74) is 0.877. The number of amides is 1. The van der Waals surface area contributed by atoms with Crippen LogP contribution in [0.15, 0.2) is 18.5 Å². The molecule has 0 bridgehead atoms. The molecule has 0 saturated carbocycles. The van der Waals surface area contributed by atoms with E-state index in [1.54, 1.807) is 21.9 Å². The highest BCUT2D eigenvalue weighted by Gasteiger charge is 2.28. The monoisotopic (exact) mass is 277 g/mol. The fourth-order valence-corrected chi connectivity index (χ4v) is 2.34. The number of carbonyl (C=O) groups excluding carboxylic acids is 2. The topological polar surface area (TPSA) is 64.4 Å². The number of piperidine rings is 1. The molecule has 6 nitrogen and oxygen atoms in total. The van der Waals surface area contributed by atoms with Gasteiger partial charge in [0.2, 0.25) is 5.91 Å². The Labute approximate surface area is 118 Å². The Morgan fingerprint density at radius 1 is 1.50 bits per heavy atom. The van der Waals surface area contributed by atoms with Gasteiger partial charge in [-0.3, -0.25) is 14.3 Å². The summed E-state index contributed by atoms with van der Waals surface area (Å²) in [6.45, 7) is 1.12. The lowest BCUT2D eigenvalue weighted by Crippen LogP contribution is -2.41. The lowest BCUT2D eigenvalue weighted by Gasteiger charge is -2.30. The summed E-state index contributed by atoms with van der Waals surface area (Å²) in [5.74, 6) is -0.523. The van der Waals surface area contributed by atoms with Crippen LogP contribution in [0, 0.1) is 5.92 Å². The Bertz CT molecular complexity index is 521. The number of rotatable bonds is 3. The highest BCUT2D eigenvalue weighted by Crippen LogP contribution is 2.18. The minimum Gasteiger partial charge on any atom is -0.469 e. The van der Waals surface area contributed by atoms with Gasteiger partial charge in [-0.2, -0.15) is 5.10 Å². The molecule has 0 N–H and O–H groups in total. The van der Waals surface area contributed by atoms with Crippen molar-refractivity contribution in [2.75, 3.05) is 20.2 Å². The lowest BCUT2D eigenvalue weighted by molar-refractivity contribution is -0.148. The molecule has 1 unspecified atom stereocenters. The van der Waals surface area contributed by atoms with Gasteiger partial charge in [-0.15, -0.1) is 0 Å². The maximum atomic E-state index is 12.1. The predicted octanol–water partition coefficient (Wildman–Crippen LogP) is 0.845. The molecule has 20 heavy (non-hydrogen) atoms. The number of aromatic nitrogens is 2. The molecular formula is C14H19N3O3. The molecule has 1 amide bonds. The van der Waals surface area contributed by atoms with Gasteiger partial charge in [-0.05, 0) is 18.9 Å². The summed E-state index contributed by atoms with van der Waals surface area (Å²) in [6.07, 6.45) is 8.39. The highest BCUT2D eigenvalue weighted by molar-refractivity contribution is 5.92. The van der Waals surface area contributed by atoms with Gasteiger partial charge >= 0.3 is 5.97 Å². The van der Waals surface area contributed by atoms with Crippen LogP contribution in [0.4, 0.5) is 0 Å². The lowest BCUT2D eigenvalue weighted by atomic mass is 9.98. The van der Waals surface area contributed by atoms with Crippen molar-refractivity contribution in [3.8, 4) is 0 Å². The van der Waals surface area contributed by atoms with E-state index in [-0.39, 0.29) is 17.8 Å². The van der Waals surface area contributed by atoms with Crippen LogP contribution in [-0.2, 0) is 21.4 Å². The van der Waals surface area contributed by atoms with Gasteiger partial charge in [0.05, 0.1) is 19.2 Å². The van der Waals surface area contributed by atoms with Crippen molar-refractivity contribution in [3.63, 3.8) is 0 Å². The number of nitrogens with zero attached hydrogens (tertiary/aromatic N) is 3. The van der Waals surface area contributed by atoms with E-state index < -0.39 is 0 Å². The molecule has 1 aromatic heterocycles. The standard InChI is InChI=1S/C14H19N3O3/c1-16-9-11(8-15-16)5-6-13(18)17-7-3-4-12(10-17)14(19)20-2/h5-6,8-9,12H,3-4,7,10H2,1-2H3/b6-5+. The maximum absolute atomic E-state index is 12.1. The third-order valence-electron chi connectivity index (χ3n) is 3.41. The van der Waals surface area contributed by atoms with Gasteiger partial charge in [-0.25, -0.2) is 0 Å². The quantitative estimate of drug-likeness (QED) is 0.607. The SMILES string of the molecule is COC(=O)C1CCCN(C(=O)/C=C/c2cnn(C)c2)C1. The maximum Gasteiger partial charge on any atom is 0.310 e. The molecule has 1 aliphatic heterocycles. The first-order valence-corrected chi connectivity index (χ1v) is 6.63. The van der Waals surface area contributed by atoms with Crippen LogP contribution in [-0.4, -0.2) is 46.8 Å². The number of ether oxygens (including phenoxy) is 1. The Kier molecular flexibility index (Phi) is 4.55. The van der Waals surface area contributed by atoms with Crippen molar-refractivity contribution < 1.29 is 14.3 Å². The van der Waals surface area contributed by atoms with Crippen LogP contribution in [0.2, 0.25) is 0 Å². The van der Waals surface area contributed by atoms with Crippen molar-refractivity contribution in [2.24, 2.45) is 13.0 Å². The zero-order valence-electron chi connectivity index (χ0n) is 11.8. The molecule has 0 aliphatic carbocycles. The first kappa shape index (κ1) is 14.3. The molecule has 2 rings (SSSR count). The zero-order chi connectivity index (χ0) is 14.5. The van der Waals surface area contributed by atoms with Crippen LogP contribution in [0.5, 0.6) is 0 Å². The minimum atomic E-state index is -0.237. The molecule has 0 spiro atoms. The van der Waals surface area contributed by atoms with Crippen molar-refractivity contribution in [2.45, 2.75) is 12.8 Å². The Morgan fingerprint density at radius 3 is 2.95 bits per heavy atom. The van der Waals surface area contributed by atoms with E-state index in [9.17, 15) is 9.59 Å². The van der Waals surface area contributed by atoms with E-state index in [1.165, 1.54) is 13.2 Å². The van der Waals surface area contributed by atoms with Crippen LogP contribution < -0.4 is 0 Å². The van der Waals surface area contributed by atoms with Gasteiger partial charge in [0.15, 0.2) is 0 Å². The third-order valence-corrected chi connectivity index (χ3v) is 3.41. The van der Waals surface area contributed by atoms with Crippen molar-refractivity contribution in [3.05, 3.63) is 24.0 Å². The fourth-order valence-electron chi connectivity index (χ4n) is 2.34. The fraction of sp³-hybridized carbons (Fsp3) is 0.500. The van der Waals surface area contributed by atoms with E-state index >= 15 is 0 Å². The van der Waals surface area contributed by atoms with Crippen LogP contribution in [0.25, 0.3) is 6.08 Å². The normalized spacial score (nSPS) is 19.3. The van der Waals surface area contributed by atoms with Gasteiger partial charge in [-0.1, -0.05) is 0 Å². The molecule has 108 valence electrons. The molecule has 2 heterocycles. The average Bonchev–Trinajstić information content (AvgIpc) is 2.89. The summed E-state index contributed by atoms with van der Waals surface area (Å²) < 4.78 is 6.42. The first-order valence-electron chi connectivity index (χ1n) is 6.63. The number of hydrogen-bond acceptors (Lipinski definition) is 4. The second-order valence-corrected chi connectivity index (χ2v) is 4.93. The average molecular weight is 277 g/mol. The second kappa shape index (κ2) is 6.36. The van der Waals surface area contributed by atoms with Gasteiger partial charge in [0.25, 0.3) is 0 Å². The number of hydrogen-bond donors (Lipinski definition) is 0. The molecule has 0 aromatic carbocycles. The second-order valence-electron chi connectivity index (χ2n) is 4.93. The van der Waals surface area contributed by atoms with E-state index in [0.717, 1.165) is 18.4 Å². The van der Waals surface area contributed by atoms with Crippen molar-refractivity contribution in [1.29, 1.82) is 0 Å². The highest BCUT2D eigenvalue weighted by atomic mass is 16.5. The number of methoxy groups -OCH3 is 1. The Hall–Kier alpha value is -2.11. The summed E-state index contributed by atoms with van der Waals surface area (Å²) >= 11 is 0. The summed E-state index contributed by atoms with van der Waals surface area (Å²) in [6, 6.07) is 0. The predicted molar refractivity (Wildman–Crippen MR) is 73.6 cm³/mol. The number of likely N-dealkylation sites (tertiary alicyclic amines) is 1. The van der Waals surface area contributed by atoms with Crippen LogP contribution in [0.1, 0.15) is 18.4 Å². The molecule has 1 saturated heterocycles. The number of aryl methyl sites for hydroxylation is 1. The molecule has 1 atom stereocenters. The van der Waals surface area contributed by atoms with E-state index in [1.807, 2.05) is 13.2 Å². The minimum absolute atomic E-state index is 0.0811. The molecular weight excluding hydrogens is 258 g/mol. The number of carbonyl (C=O) groups is 2. The van der Waals surface area contributed by atoms with Gasteiger partial charge in [0, 0.05) is 38.0 Å². The molecule has 6 heteroatoms. The van der Waals surface area contributed by atoms with Crippen molar-refractivity contribution in [1.82, 2.24) is 14.7 Å². The van der Waals surface area contributed by atoms with Crippen LogP contribution in [0.3, 0.4) is 0 Å². The number of esters is 1. The smallest absolute Gasteiger partial charge is 0.310 e. The Morgan fingerprint density at radius 2 is 2.30 bits per heavy atom. The molecule has 1 aliphatic rings. The van der Waals surface area contributed by atoms with Crippen LogP contribution >= 0.6 is 0 Å². The van der Waals surface area contributed by atoms with E-state index in [4.69, 9.17) is 4.74 Å². The summed E-state index contributed by atoms with van der Waals surface area (Å²) in [4.78, 5) is 25.3. The first-order chi connectivity index (χ1) is 9.60. The molecule has 0 radical (unpaired) electrons. The largest absolute Gasteiger partial charge is 0.469 e. The van der Waals surface area contributed by atoms with Crippen molar-refractivity contribution >= 4 is 18.0 Å². The third kappa shape index (κ3) is 3.46. The molecule has 1 fully saturated rings. The summed E-state index contributed by atoms with van der Waals surface area (Å²) in [5, 5.41) is 4.03.